The van der Waals surface area contributed by atoms with Crippen LogP contribution >= 0.6 is 11.3 Å². The van der Waals surface area contributed by atoms with Crippen molar-refractivity contribution >= 4 is 29.2 Å². The number of hydrogen-bond donors (Lipinski definition) is 4. The Bertz CT molecular complexity index is 503. The van der Waals surface area contributed by atoms with Crippen LogP contribution in [0.15, 0.2) is 17.5 Å². The molecule has 2 atom stereocenters. The van der Waals surface area contributed by atoms with Crippen molar-refractivity contribution < 1.29 is 19.5 Å². The molecule has 1 aromatic rings. The van der Waals surface area contributed by atoms with Crippen LogP contribution in [0, 0.1) is 0 Å². The monoisotopic (exact) mass is 297 g/mol. The molecule has 0 bridgehead atoms. The Labute approximate surface area is 119 Å². The minimum absolute atomic E-state index is 0.0285. The van der Waals surface area contributed by atoms with Gasteiger partial charge in [-0.15, -0.1) is 11.3 Å². The van der Waals surface area contributed by atoms with Crippen LogP contribution in [0.5, 0.6) is 0 Å². The second kappa shape index (κ2) is 6.38. The van der Waals surface area contributed by atoms with Crippen LogP contribution in [-0.2, 0) is 9.59 Å². The number of thiophene rings is 1. The lowest BCUT2D eigenvalue weighted by Crippen LogP contribution is -2.45. The van der Waals surface area contributed by atoms with Crippen LogP contribution < -0.4 is 16.0 Å². The first-order valence-corrected chi connectivity index (χ1v) is 7.04. The van der Waals surface area contributed by atoms with Gasteiger partial charge in [-0.3, -0.25) is 4.79 Å². The van der Waals surface area contributed by atoms with Gasteiger partial charge in [0.2, 0.25) is 5.91 Å². The smallest absolute Gasteiger partial charge is 0.331 e. The van der Waals surface area contributed by atoms with Crippen LogP contribution in [-0.4, -0.2) is 35.6 Å². The number of carboxylic acid groups (broad SMARTS) is 1. The number of nitrogens with one attached hydrogen (secondary N) is 3. The summed E-state index contributed by atoms with van der Waals surface area (Å²) in [5, 5.41) is 18.6. The second-order valence-corrected chi connectivity index (χ2v) is 5.42. The minimum atomic E-state index is -1.11. The molecule has 0 aromatic carbocycles. The fraction of sp³-hybridized carbons (Fsp3) is 0.417. The molecule has 4 N–H and O–H groups in total. The van der Waals surface area contributed by atoms with Crippen LogP contribution in [0.3, 0.4) is 0 Å². The van der Waals surface area contributed by atoms with Crippen LogP contribution in [0.4, 0.5) is 4.79 Å². The van der Waals surface area contributed by atoms with Crippen molar-refractivity contribution in [3.05, 3.63) is 22.4 Å². The van der Waals surface area contributed by atoms with E-state index in [1.54, 1.807) is 17.5 Å². The predicted molar refractivity (Wildman–Crippen MR) is 72.4 cm³/mol. The molecule has 1 fully saturated rings. The minimum Gasteiger partial charge on any atom is -0.479 e. The second-order valence-electron chi connectivity index (χ2n) is 4.44. The quantitative estimate of drug-likeness (QED) is 0.633. The van der Waals surface area contributed by atoms with Crippen molar-refractivity contribution in [3.8, 4) is 0 Å². The van der Waals surface area contributed by atoms with Crippen LogP contribution in [0.1, 0.15) is 23.8 Å². The van der Waals surface area contributed by atoms with E-state index in [0.717, 1.165) is 0 Å². The first kappa shape index (κ1) is 14.3. The molecule has 1 aliphatic heterocycles. The molecule has 1 aromatic heterocycles. The number of amides is 3. The van der Waals surface area contributed by atoms with E-state index in [1.165, 1.54) is 11.3 Å². The Morgan fingerprint density at radius 2 is 2.35 bits per heavy atom. The molecule has 2 heterocycles. The first-order valence-electron chi connectivity index (χ1n) is 6.16. The molecule has 0 radical (unpaired) electrons. The summed E-state index contributed by atoms with van der Waals surface area (Å²) in [6.07, 6.45) is 1.13. The molecule has 2 rings (SSSR count). The van der Waals surface area contributed by atoms with Gasteiger partial charge in [-0.1, -0.05) is 6.07 Å². The highest BCUT2D eigenvalue weighted by molar-refractivity contribution is 7.10. The van der Waals surface area contributed by atoms with Gasteiger partial charge in [0, 0.05) is 23.9 Å². The first-order chi connectivity index (χ1) is 9.56. The number of rotatable bonds is 5. The van der Waals surface area contributed by atoms with Crippen molar-refractivity contribution in [3.63, 3.8) is 0 Å². The average molecular weight is 297 g/mol. The highest BCUT2D eigenvalue weighted by Crippen LogP contribution is 2.18. The Morgan fingerprint density at radius 1 is 1.55 bits per heavy atom. The normalized spacial score (nSPS) is 19.2. The largest absolute Gasteiger partial charge is 0.479 e. The summed E-state index contributed by atoms with van der Waals surface area (Å²) in [7, 11) is 0. The zero-order valence-corrected chi connectivity index (χ0v) is 11.4. The Morgan fingerprint density at radius 3 is 2.90 bits per heavy atom. The van der Waals surface area contributed by atoms with Gasteiger partial charge in [0.15, 0.2) is 6.04 Å². The fourth-order valence-electron chi connectivity index (χ4n) is 1.94. The number of aliphatic carboxylic acids is 1. The fourth-order valence-corrected chi connectivity index (χ4v) is 2.71. The molecule has 108 valence electrons. The summed E-state index contributed by atoms with van der Waals surface area (Å²) in [5.41, 5.74) is 0. The van der Waals surface area contributed by atoms with E-state index in [4.69, 9.17) is 5.11 Å². The number of carbonyl (C=O) groups is 3. The maximum absolute atomic E-state index is 11.7. The highest BCUT2D eigenvalue weighted by atomic mass is 32.1. The van der Waals surface area contributed by atoms with E-state index < -0.39 is 18.0 Å². The molecule has 1 aliphatic rings. The summed E-state index contributed by atoms with van der Waals surface area (Å²) < 4.78 is 0. The van der Waals surface area contributed by atoms with Gasteiger partial charge in [0.05, 0.1) is 0 Å². The molecular formula is C12H15N3O4S. The summed E-state index contributed by atoms with van der Waals surface area (Å²) in [4.78, 5) is 34.4. The van der Waals surface area contributed by atoms with E-state index >= 15 is 0 Å². The Balaban J connectivity index is 1.83. The summed E-state index contributed by atoms with van der Waals surface area (Å²) in [6.45, 7) is 0.286. The number of carboxylic acids is 1. The lowest BCUT2D eigenvalue weighted by molar-refractivity contribution is -0.139. The summed E-state index contributed by atoms with van der Waals surface area (Å²) in [5.74, 6) is -1.14. The zero-order valence-electron chi connectivity index (χ0n) is 10.6. The molecule has 3 amide bonds. The van der Waals surface area contributed by atoms with Gasteiger partial charge < -0.3 is 21.1 Å². The lowest BCUT2D eigenvalue weighted by Gasteiger charge is -2.15. The number of carbonyl (C=O) groups excluding carboxylic acids is 2. The van der Waals surface area contributed by atoms with E-state index in [9.17, 15) is 14.4 Å². The van der Waals surface area contributed by atoms with Gasteiger partial charge in [-0.25, -0.2) is 9.59 Å². The van der Waals surface area contributed by atoms with Gasteiger partial charge in [-0.05, 0) is 17.9 Å². The molecule has 0 saturated carbocycles. The summed E-state index contributed by atoms with van der Waals surface area (Å²) in [6, 6.07) is 1.67. The van der Waals surface area contributed by atoms with E-state index in [1.807, 2.05) is 0 Å². The number of urea groups is 1. The highest BCUT2D eigenvalue weighted by Gasteiger charge is 2.24. The van der Waals surface area contributed by atoms with Gasteiger partial charge in [0.25, 0.3) is 0 Å². The SMILES string of the molecule is O=C1CCC(CNC(=O)NC(C(=O)O)c2cccs2)N1. The van der Waals surface area contributed by atoms with Crippen molar-refractivity contribution in [2.24, 2.45) is 0 Å². The third kappa shape index (κ3) is 3.70. The molecule has 7 nitrogen and oxygen atoms in total. The summed E-state index contributed by atoms with van der Waals surface area (Å²) >= 11 is 1.26. The molecule has 2 unspecified atom stereocenters. The standard InChI is InChI=1S/C12H15N3O4S/c16-9-4-3-7(14-9)6-13-12(19)15-10(11(17)18)8-2-1-5-20-8/h1-2,5,7,10H,3-4,6H2,(H,14,16)(H,17,18)(H2,13,15,19). The Hall–Kier alpha value is -2.09. The van der Waals surface area contributed by atoms with Gasteiger partial charge in [-0.2, -0.15) is 0 Å². The van der Waals surface area contributed by atoms with E-state index in [0.29, 0.717) is 17.7 Å². The van der Waals surface area contributed by atoms with Crippen LogP contribution in [0.25, 0.3) is 0 Å². The van der Waals surface area contributed by atoms with Crippen LogP contribution in [0.2, 0.25) is 0 Å². The maximum Gasteiger partial charge on any atom is 0.331 e. The van der Waals surface area contributed by atoms with Gasteiger partial charge >= 0.3 is 12.0 Å². The molecule has 1 saturated heterocycles. The van der Waals surface area contributed by atoms with Gasteiger partial charge in [0.1, 0.15) is 0 Å². The molecule has 20 heavy (non-hydrogen) atoms. The molecule has 0 spiro atoms. The topological polar surface area (TPSA) is 108 Å². The average Bonchev–Trinajstić information content (AvgIpc) is 3.04. The van der Waals surface area contributed by atoms with E-state index in [-0.39, 0.29) is 18.5 Å². The Kier molecular flexibility index (Phi) is 4.57. The molecule has 8 heteroatoms. The predicted octanol–water partition coefficient (Wildman–Crippen LogP) is 0.452. The van der Waals surface area contributed by atoms with Crippen molar-refractivity contribution in [1.29, 1.82) is 0 Å². The van der Waals surface area contributed by atoms with Crippen molar-refractivity contribution in [2.45, 2.75) is 24.9 Å². The number of hydrogen-bond acceptors (Lipinski definition) is 4. The molecular weight excluding hydrogens is 282 g/mol. The maximum atomic E-state index is 11.7. The molecule has 0 aliphatic carbocycles. The third-order valence-corrected chi connectivity index (χ3v) is 3.88. The van der Waals surface area contributed by atoms with Crippen molar-refractivity contribution in [2.75, 3.05) is 6.54 Å². The lowest BCUT2D eigenvalue weighted by atomic mass is 10.2. The van der Waals surface area contributed by atoms with E-state index in [2.05, 4.69) is 16.0 Å². The third-order valence-electron chi connectivity index (χ3n) is 2.94. The zero-order chi connectivity index (χ0) is 14.5. The van der Waals surface area contributed by atoms with Crippen molar-refractivity contribution in [1.82, 2.24) is 16.0 Å².